The van der Waals surface area contributed by atoms with Crippen molar-refractivity contribution in [2.45, 2.75) is 0 Å². The Labute approximate surface area is 125 Å². The van der Waals surface area contributed by atoms with Crippen LogP contribution in [0.4, 0.5) is 0 Å². The van der Waals surface area contributed by atoms with E-state index in [1.807, 2.05) is 12.1 Å². The molecule has 1 heterocycles. The Morgan fingerprint density at radius 3 is 2.57 bits per heavy atom. The normalized spacial score (nSPS) is 11.8. The molecule has 0 radical (unpaired) electrons. The first-order valence-corrected chi connectivity index (χ1v) is 6.54. The smallest absolute Gasteiger partial charge is 0.354 e. The lowest BCUT2D eigenvalue weighted by atomic mass is 10.2. The van der Waals surface area contributed by atoms with E-state index in [0.717, 1.165) is 5.56 Å². The standard InChI is InChI=1S/C15H10ClN3O2/c16-11-7-5-10(6-8-11)9-14(15(20)21)19-13-4-2-1-3-12(13)17-18-19/h1-9H,(H,20,21)/b14-9-. The zero-order valence-corrected chi connectivity index (χ0v) is 11.5. The molecule has 5 nitrogen and oxygen atoms in total. The van der Waals surface area contributed by atoms with E-state index in [9.17, 15) is 9.90 Å². The van der Waals surface area contributed by atoms with Gasteiger partial charge in [-0.2, -0.15) is 0 Å². The van der Waals surface area contributed by atoms with Gasteiger partial charge in [0.2, 0.25) is 0 Å². The van der Waals surface area contributed by atoms with E-state index in [0.29, 0.717) is 16.1 Å². The summed E-state index contributed by atoms with van der Waals surface area (Å²) < 4.78 is 1.31. The van der Waals surface area contributed by atoms with E-state index in [1.54, 1.807) is 36.4 Å². The summed E-state index contributed by atoms with van der Waals surface area (Å²) in [5, 5.41) is 17.9. The number of fused-ring (bicyclic) bond motifs is 1. The van der Waals surface area contributed by atoms with Crippen LogP contribution in [0.2, 0.25) is 5.02 Å². The first kappa shape index (κ1) is 13.3. The Morgan fingerprint density at radius 2 is 1.86 bits per heavy atom. The van der Waals surface area contributed by atoms with Gasteiger partial charge in [-0.1, -0.05) is 41.1 Å². The van der Waals surface area contributed by atoms with E-state index >= 15 is 0 Å². The number of carboxylic acids is 1. The molecule has 1 aromatic heterocycles. The maximum Gasteiger partial charge on any atom is 0.354 e. The summed E-state index contributed by atoms with van der Waals surface area (Å²) in [6.07, 6.45) is 1.53. The first-order valence-electron chi connectivity index (χ1n) is 6.16. The highest BCUT2D eigenvalue weighted by Crippen LogP contribution is 2.18. The number of nitrogens with zero attached hydrogens (tertiary/aromatic N) is 3. The van der Waals surface area contributed by atoms with Crippen LogP contribution in [0.1, 0.15) is 5.56 Å². The molecule has 2 aromatic carbocycles. The van der Waals surface area contributed by atoms with E-state index < -0.39 is 5.97 Å². The first-order chi connectivity index (χ1) is 10.1. The van der Waals surface area contributed by atoms with Crippen molar-refractivity contribution in [1.82, 2.24) is 15.0 Å². The highest BCUT2D eigenvalue weighted by molar-refractivity contribution is 6.30. The van der Waals surface area contributed by atoms with Crippen LogP contribution in [0.25, 0.3) is 22.8 Å². The van der Waals surface area contributed by atoms with Crippen molar-refractivity contribution in [2.75, 3.05) is 0 Å². The van der Waals surface area contributed by atoms with Gasteiger partial charge < -0.3 is 5.11 Å². The van der Waals surface area contributed by atoms with Gasteiger partial charge in [0.1, 0.15) is 5.52 Å². The quantitative estimate of drug-likeness (QED) is 0.754. The SMILES string of the molecule is O=C(O)/C(=C/c1ccc(Cl)cc1)n1nnc2ccccc21. The molecule has 0 aliphatic rings. The van der Waals surface area contributed by atoms with Crippen LogP contribution in [-0.2, 0) is 4.79 Å². The number of carbonyl (C=O) groups is 1. The molecule has 6 heteroatoms. The molecular formula is C15H10ClN3O2. The number of hydrogen-bond acceptors (Lipinski definition) is 3. The molecule has 3 rings (SSSR count). The minimum Gasteiger partial charge on any atom is -0.477 e. The molecule has 104 valence electrons. The fraction of sp³-hybridized carbons (Fsp3) is 0. The molecule has 0 bridgehead atoms. The number of aliphatic carboxylic acids is 1. The van der Waals surface area contributed by atoms with Gasteiger partial charge >= 0.3 is 5.97 Å². The topological polar surface area (TPSA) is 68.0 Å². The van der Waals surface area contributed by atoms with Crippen molar-refractivity contribution in [3.05, 3.63) is 59.1 Å². The second kappa shape index (κ2) is 5.38. The van der Waals surface area contributed by atoms with E-state index in [1.165, 1.54) is 10.8 Å². The monoisotopic (exact) mass is 299 g/mol. The van der Waals surface area contributed by atoms with Crippen LogP contribution in [0.15, 0.2) is 48.5 Å². The van der Waals surface area contributed by atoms with Gasteiger partial charge in [0, 0.05) is 5.02 Å². The molecule has 0 unspecified atom stereocenters. The van der Waals surface area contributed by atoms with Crippen molar-refractivity contribution in [3.8, 4) is 0 Å². The third-order valence-electron chi connectivity index (χ3n) is 2.97. The van der Waals surface area contributed by atoms with Crippen molar-refractivity contribution in [2.24, 2.45) is 0 Å². The molecule has 0 spiro atoms. The third kappa shape index (κ3) is 2.64. The Balaban J connectivity index is 2.14. The average Bonchev–Trinajstić information content (AvgIpc) is 2.90. The largest absolute Gasteiger partial charge is 0.477 e. The number of halogens is 1. The zero-order chi connectivity index (χ0) is 14.8. The number of para-hydroxylation sites is 1. The molecule has 0 amide bonds. The van der Waals surface area contributed by atoms with Crippen LogP contribution in [0.5, 0.6) is 0 Å². The molecule has 0 aliphatic carbocycles. The van der Waals surface area contributed by atoms with Gasteiger partial charge in [0.05, 0.1) is 5.52 Å². The molecule has 0 aliphatic heterocycles. The van der Waals surface area contributed by atoms with Gasteiger partial charge in [0.25, 0.3) is 0 Å². The number of carboxylic acid groups (broad SMARTS) is 1. The lowest BCUT2D eigenvalue weighted by molar-refractivity contribution is -0.130. The van der Waals surface area contributed by atoms with Crippen molar-refractivity contribution < 1.29 is 9.90 Å². The predicted molar refractivity (Wildman–Crippen MR) is 80.8 cm³/mol. The third-order valence-corrected chi connectivity index (χ3v) is 3.22. The van der Waals surface area contributed by atoms with Crippen LogP contribution in [0, 0.1) is 0 Å². The van der Waals surface area contributed by atoms with Crippen molar-refractivity contribution in [3.63, 3.8) is 0 Å². The Kier molecular flexibility index (Phi) is 3.41. The summed E-state index contributed by atoms with van der Waals surface area (Å²) in [6, 6.07) is 14.1. The lowest BCUT2D eigenvalue weighted by Crippen LogP contribution is -2.09. The van der Waals surface area contributed by atoms with Gasteiger partial charge in [0.15, 0.2) is 5.70 Å². The van der Waals surface area contributed by atoms with Crippen LogP contribution >= 0.6 is 11.6 Å². The maximum absolute atomic E-state index is 11.5. The molecule has 0 saturated carbocycles. The van der Waals surface area contributed by atoms with E-state index in [2.05, 4.69) is 10.3 Å². The predicted octanol–water partition coefficient (Wildman–Crippen LogP) is 3.17. The van der Waals surface area contributed by atoms with Crippen LogP contribution < -0.4 is 0 Å². The van der Waals surface area contributed by atoms with E-state index in [-0.39, 0.29) is 5.70 Å². The number of hydrogen-bond donors (Lipinski definition) is 1. The van der Waals surface area contributed by atoms with Crippen LogP contribution in [0.3, 0.4) is 0 Å². The summed E-state index contributed by atoms with van der Waals surface area (Å²) in [7, 11) is 0. The average molecular weight is 300 g/mol. The molecular weight excluding hydrogens is 290 g/mol. The second-order valence-corrected chi connectivity index (χ2v) is 4.81. The minimum absolute atomic E-state index is 0.0195. The number of aromatic nitrogens is 3. The van der Waals surface area contributed by atoms with Crippen LogP contribution in [-0.4, -0.2) is 26.1 Å². The summed E-state index contributed by atoms with van der Waals surface area (Å²) in [5.41, 5.74) is 2.02. The Morgan fingerprint density at radius 1 is 1.14 bits per heavy atom. The summed E-state index contributed by atoms with van der Waals surface area (Å²) in [4.78, 5) is 11.5. The van der Waals surface area contributed by atoms with Crippen molar-refractivity contribution >= 4 is 40.4 Å². The molecule has 1 N–H and O–H groups in total. The zero-order valence-electron chi connectivity index (χ0n) is 10.8. The van der Waals surface area contributed by atoms with Gasteiger partial charge in [-0.15, -0.1) is 5.10 Å². The molecule has 0 saturated heterocycles. The maximum atomic E-state index is 11.5. The van der Waals surface area contributed by atoms with Gasteiger partial charge in [-0.05, 0) is 35.9 Å². The fourth-order valence-electron chi connectivity index (χ4n) is 1.98. The molecule has 0 fully saturated rings. The summed E-state index contributed by atoms with van der Waals surface area (Å²) in [6.45, 7) is 0. The highest BCUT2D eigenvalue weighted by atomic mass is 35.5. The molecule has 3 aromatic rings. The second-order valence-electron chi connectivity index (χ2n) is 4.38. The highest BCUT2D eigenvalue weighted by Gasteiger charge is 2.15. The number of rotatable bonds is 3. The Hall–Kier alpha value is -2.66. The Bertz CT molecular complexity index is 838. The lowest BCUT2D eigenvalue weighted by Gasteiger charge is -2.03. The summed E-state index contributed by atoms with van der Waals surface area (Å²) in [5.74, 6) is -1.08. The number of benzene rings is 2. The molecule has 21 heavy (non-hydrogen) atoms. The van der Waals surface area contributed by atoms with Gasteiger partial charge in [-0.3, -0.25) is 0 Å². The fourth-order valence-corrected chi connectivity index (χ4v) is 2.10. The van der Waals surface area contributed by atoms with E-state index in [4.69, 9.17) is 11.6 Å². The van der Waals surface area contributed by atoms with Crippen molar-refractivity contribution in [1.29, 1.82) is 0 Å². The minimum atomic E-state index is -1.08. The van der Waals surface area contributed by atoms with Gasteiger partial charge in [-0.25, -0.2) is 9.48 Å². The summed E-state index contributed by atoms with van der Waals surface area (Å²) >= 11 is 5.82. The molecule has 0 atom stereocenters.